The van der Waals surface area contributed by atoms with Crippen molar-refractivity contribution in [3.05, 3.63) is 30.3 Å². The standard InChI is InChI=1S/C12H19NO3S/c1-2-13(8-10-14)9-11-17(15,16)12-6-4-3-5-7-12/h3-7,14H,2,8-11H2,1H3. The summed E-state index contributed by atoms with van der Waals surface area (Å²) in [6.07, 6.45) is 0. The van der Waals surface area contributed by atoms with Gasteiger partial charge in [0, 0.05) is 13.1 Å². The molecule has 0 amide bonds. The molecule has 0 unspecified atom stereocenters. The molecule has 0 heterocycles. The molecule has 0 saturated heterocycles. The van der Waals surface area contributed by atoms with Crippen molar-refractivity contribution in [2.75, 3.05) is 32.0 Å². The zero-order chi connectivity index (χ0) is 12.7. The van der Waals surface area contributed by atoms with E-state index in [1.54, 1.807) is 30.3 Å². The van der Waals surface area contributed by atoms with E-state index < -0.39 is 9.84 Å². The summed E-state index contributed by atoms with van der Waals surface area (Å²) in [7, 11) is -3.21. The van der Waals surface area contributed by atoms with Gasteiger partial charge in [0.25, 0.3) is 0 Å². The second-order valence-corrected chi connectivity index (χ2v) is 5.90. The summed E-state index contributed by atoms with van der Waals surface area (Å²) < 4.78 is 23.9. The van der Waals surface area contributed by atoms with Gasteiger partial charge in [0.15, 0.2) is 9.84 Å². The van der Waals surface area contributed by atoms with Gasteiger partial charge in [0.1, 0.15) is 0 Å². The molecule has 5 heteroatoms. The van der Waals surface area contributed by atoms with Gasteiger partial charge >= 0.3 is 0 Å². The van der Waals surface area contributed by atoms with Crippen molar-refractivity contribution in [1.29, 1.82) is 0 Å². The molecule has 4 nitrogen and oxygen atoms in total. The number of aliphatic hydroxyl groups excluding tert-OH is 1. The molecule has 0 atom stereocenters. The molecule has 0 spiro atoms. The van der Waals surface area contributed by atoms with Gasteiger partial charge in [-0.2, -0.15) is 0 Å². The van der Waals surface area contributed by atoms with Crippen molar-refractivity contribution in [2.45, 2.75) is 11.8 Å². The molecule has 0 saturated carbocycles. The number of hydrogen-bond acceptors (Lipinski definition) is 4. The molecule has 1 aromatic rings. The van der Waals surface area contributed by atoms with Crippen LogP contribution >= 0.6 is 0 Å². The van der Waals surface area contributed by atoms with Crippen molar-refractivity contribution in [1.82, 2.24) is 4.90 Å². The molecule has 0 aliphatic carbocycles. The lowest BCUT2D eigenvalue weighted by Gasteiger charge is -2.18. The van der Waals surface area contributed by atoms with Crippen LogP contribution in [-0.2, 0) is 9.84 Å². The quantitative estimate of drug-likeness (QED) is 0.784. The lowest BCUT2D eigenvalue weighted by molar-refractivity contribution is 0.209. The zero-order valence-corrected chi connectivity index (χ0v) is 10.9. The van der Waals surface area contributed by atoms with Gasteiger partial charge in [-0.05, 0) is 18.7 Å². The maximum Gasteiger partial charge on any atom is 0.179 e. The van der Waals surface area contributed by atoms with E-state index in [-0.39, 0.29) is 12.4 Å². The van der Waals surface area contributed by atoms with Gasteiger partial charge in [-0.3, -0.25) is 0 Å². The Balaban J connectivity index is 2.62. The summed E-state index contributed by atoms with van der Waals surface area (Å²) in [5.41, 5.74) is 0. The summed E-state index contributed by atoms with van der Waals surface area (Å²) >= 11 is 0. The predicted molar refractivity (Wildman–Crippen MR) is 67.7 cm³/mol. The third-order valence-corrected chi connectivity index (χ3v) is 4.35. The Labute approximate surface area is 103 Å². The van der Waals surface area contributed by atoms with Crippen LogP contribution in [0, 0.1) is 0 Å². The Morgan fingerprint density at radius 3 is 2.35 bits per heavy atom. The fourth-order valence-corrected chi connectivity index (χ4v) is 2.87. The van der Waals surface area contributed by atoms with Gasteiger partial charge in [-0.15, -0.1) is 0 Å². The average Bonchev–Trinajstić information content (AvgIpc) is 2.35. The van der Waals surface area contributed by atoms with Crippen LogP contribution in [0.25, 0.3) is 0 Å². The Morgan fingerprint density at radius 2 is 1.82 bits per heavy atom. The Morgan fingerprint density at radius 1 is 1.18 bits per heavy atom. The van der Waals surface area contributed by atoms with E-state index in [2.05, 4.69) is 0 Å². The summed E-state index contributed by atoms with van der Waals surface area (Å²) in [6.45, 7) is 3.71. The van der Waals surface area contributed by atoms with Crippen LogP contribution in [0.4, 0.5) is 0 Å². The van der Waals surface area contributed by atoms with Crippen molar-refractivity contribution in [2.24, 2.45) is 0 Å². The molecule has 0 fully saturated rings. The van der Waals surface area contributed by atoms with Crippen molar-refractivity contribution in [3.8, 4) is 0 Å². The van der Waals surface area contributed by atoms with E-state index in [0.29, 0.717) is 18.0 Å². The zero-order valence-electron chi connectivity index (χ0n) is 10.0. The lowest BCUT2D eigenvalue weighted by atomic mass is 10.4. The Bertz CT molecular complexity index is 417. The Hall–Kier alpha value is -0.910. The molecule has 1 rings (SSSR count). The van der Waals surface area contributed by atoms with Crippen molar-refractivity contribution < 1.29 is 13.5 Å². The highest BCUT2D eigenvalue weighted by Gasteiger charge is 2.15. The molecule has 0 bridgehead atoms. The molecular weight excluding hydrogens is 238 g/mol. The van der Waals surface area contributed by atoms with Gasteiger partial charge in [-0.1, -0.05) is 25.1 Å². The van der Waals surface area contributed by atoms with E-state index in [1.807, 2.05) is 11.8 Å². The first-order valence-corrected chi connectivity index (χ1v) is 7.36. The topological polar surface area (TPSA) is 57.6 Å². The second kappa shape index (κ2) is 6.74. The number of benzene rings is 1. The van der Waals surface area contributed by atoms with Gasteiger partial charge < -0.3 is 10.0 Å². The number of hydrogen-bond donors (Lipinski definition) is 1. The van der Waals surface area contributed by atoms with Crippen LogP contribution in [0.3, 0.4) is 0 Å². The van der Waals surface area contributed by atoms with Crippen LogP contribution < -0.4 is 0 Å². The number of rotatable bonds is 7. The van der Waals surface area contributed by atoms with E-state index in [4.69, 9.17) is 5.11 Å². The normalized spacial score (nSPS) is 11.9. The monoisotopic (exact) mass is 257 g/mol. The predicted octanol–water partition coefficient (Wildman–Crippen LogP) is 0.774. The van der Waals surface area contributed by atoms with Gasteiger partial charge in [0.05, 0.1) is 17.3 Å². The highest BCUT2D eigenvalue weighted by molar-refractivity contribution is 7.91. The Kier molecular flexibility index (Phi) is 5.61. The summed E-state index contributed by atoms with van der Waals surface area (Å²) in [5, 5.41) is 8.82. The summed E-state index contributed by atoms with van der Waals surface area (Å²) in [6, 6.07) is 8.45. The van der Waals surface area contributed by atoms with E-state index in [9.17, 15) is 8.42 Å². The molecule has 0 aromatic heterocycles. The third kappa shape index (κ3) is 4.46. The molecule has 17 heavy (non-hydrogen) atoms. The molecular formula is C12H19NO3S. The maximum absolute atomic E-state index is 12.0. The number of aliphatic hydroxyl groups is 1. The average molecular weight is 257 g/mol. The molecule has 0 aliphatic heterocycles. The molecule has 0 radical (unpaired) electrons. The highest BCUT2D eigenvalue weighted by Crippen LogP contribution is 2.10. The van der Waals surface area contributed by atoms with E-state index in [1.165, 1.54) is 0 Å². The fraction of sp³-hybridized carbons (Fsp3) is 0.500. The van der Waals surface area contributed by atoms with Gasteiger partial charge in [0.2, 0.25) is 0 Å². The first-order valence-electron chi connectivity index (χ1n) is 5.71. The minimum atomic E-state index is -3.21. The van der Waals surface area contributed by atoms with Crippen LogP contribution in [-0.4, -0.2) is 50.4 Å². The van der Waals surface area contributed by atoms with Crippen LogP contribution in [0.2, 0.25) is 0 Å². The third-order valence-electron chi connectivity index (χ3n) is 2.64. The SMILES string of the molecule is CCN(CCO)CCS(=O)(=O)c1ccccc1. The van der Waals surface area contributed by atoms with Crippen molar-refractivity contribution in [3.63, 3.8) is 0 Å². The first-order chi connectivity index (χ1) is 8.10. The largest absolute Gasteiger partial charge is 0.395 e. The minimum absolute atomic E-state index is 0.0548. The van der Waals surface area contributed by atoms with Crippen LogP contribution in [0.1, 0.15) is 6.92 Å². The van der Waals surface area contributed by atoms with Crippen LogP contribution in [0.15, 0.2) is 35.2 Å². The van der Waals surface area contributed by atoms with E-state index in [0.717, 1.165) is 6.54 Å². The van der Waals surface area contributed by atoms with Gasteiger partial charge in [-0.25, -0.2) is 8.42 Å². The second-order valence-electron chi connectivity index (χ2n) is 3.79. The number of sulfone groups is 1. The smallest absolute Gasteiger partial charge is 0.179 e. The fourth-order valence-electron chi connectivity index (χ4n) is 1.56. The highest BCUT2D eigenvalue weighted by atomic mass is 32.2. The summed E-state index contributed by atoms with van der Waals surface area (Å²) in [5.74, 6) is 0.0881. The number of nitrogens with zero attached hydrogens (tertiary/aromatic N) is 1. The van der Waals surface area contributed by atoms with E-state index >= 15 is 0 Å². The molecule has 0 aliphatic rings. The van der Waals surface area contributed by atoms with Crippen molar-refractivity contribution >= 4 is 9.84 Å². The first kappa shape index (κ1) is 14.2. The molecule has 1 aromatic carbocycles. The molecule has 1 N–H and O–H groups in total. The van der Waals surface area contributed by atoms with Crippen LogP contribution in [0.5, 0.6) is 0 Å². The maximum atomic E-state index is 12.0. The number of likely N-dealkylation sites (N-methyl/N-ethyl adjacent to an activating group) is 1. The lowest BCUT2D eigenvalue weighted by Crippen LogP contribution is -2.31. The minimum Gasteiger partial charge on any atom is -0.395 e. The molecule has 96 valence electrons. The summed E-state index contributed by atoms with van der Waals surface area (Å²) in [4.78, 5) is 2.28.